The lowest BCUT2D eigenvalue weighted by Crippen LogP contribution is -2.41. The lowest BCUT2D eigenvalue weighted by atomic mass is 10.4. The molecule has 1 aliphatic heterocycles. The van der Waals surface area contributed by atoms with E-state index in [-0.39, 0.29) is 17.2 Å². The molecule has 0 saturated carbocycles. The summed E-state index contributed by atoms with van der Waals surface area (Å²) in [7, 11) is 0. The summed E-state index contributed by atoms with van der Waals surface area (Å²) in [5.74, 6) is 0.252. The second kappa shape index (κ2) is 5.63. The van der Waals surface area contributed by atoms with Gasteiger partial charge in [0, 0.05) is 13.1 Å². The maximum Gasteiger partial charge on any atom is 0.277 e. The predicted octanol–water partition coefficient (Wildman–Crippen LogP) is -0.403. The molecule has 2 aromatic rings. The second-order valence-electron chi connectivity index (χ2n) is 4.25. The van der Waals surface area contributed by atoms with Gasteiger partial charge in [0.15, 0.2) is 16.3 Å². The zero-order valence-corrected chi connectivity index (χ0v) is 11.4. The van der Waals surface area contributed by atoms with E-state index in [1.807, 2.05) is 0 Å². The number of thioether (sulfide) groups is 1. The fourth-order valence-electron chi connectivity index (χ4n) is 1.93. The first-order valence-corrected chi connectivity index (χ1v) is 7.14. The molecule has 3 rings (SSSR count). The minimum atomic E-state index is -0.283. The molecule has 0 aromatic carbocycles. The van der Waals surface area contributed by atoms with E-state index in [9.17, 15) is 9.59 Å². The van der Waals surface area contributed by atoms with Crippen LogP contribution in [-0.4, -0.2) is 62.8 Å². The van der Waals surface area contributed by atoms with Crippen molar-refractivity contribution in [1.29, 1.82) is 0 Å². The molecule has 0 aliphatic carbocycles. The summed E-state index contributed by atoms with van der Waals surface area (Å²) in [6.07, 6.45) is 1.42. The van der Waals surface area contributed by atoms with Crippen molar-refractivity contribution in [1.82, 2.24) is 24.8 Å². The van der Waals surface area contributed by atoms with Gasteiger partial charge in [-0.25, -0.2) is 9.97 Å². The Labute approximate surface area is 117 Å². The first-order chi connectivity index (χ1) is 9.74. The zero-order chi connectivity index (χ0) is 13.9. The summed E-state index contributed by atoms with van der Waals surface area (Å²) in [4.78, 5) is 38.9. The van der Waals surface area contributed by atoms with Crippen LogP contribution in [0.25, 0.3) is 11.2 Å². The van der Waals surface area contributed by atoms with Crippen molar-refractivity contribution in [2.24, 2.45) is 0 Å². The van der Waals surface area contributed by atoms with Gasteiger partial charge >= 0.3 is 0 Å². The number of morpholine rings is 1. The molecule has 20 heavy (non-hydrogen) atoms. The molecule has 0 bridgehead atoms. The number of carbonyl (C=O) groups is 1. The minimum Gasteiger partial charge on any atom is -0.378 e. The average Bonchev–Trinajstić information content (AvgIpc) is 2.94. The Morgan fingerprint density at radius 1 is 1.45 bits per heavy atom. The summed E-state index contributed by atoms with van der Waals surface area (Å²) in [5.41, 5.74) is 0.415. The molecule has 0 spiro atoms. The van der Waals surface area contributed by atoms with Crippen molar-refractivity contribution in [3.8, 4) is 0 Å². The minimum absolute atomic E-state index is 0.0167. The summed E-state index contributed by atoms with van der Waals surface area (Å²) in [5, 5.41) is 0.399. The monoisotopic (exact) mass is 295 g/mol. The number of amides is 1. The molecule has 1 fully saturated rings. The van der Waals surface area contributed by atoms with Gasteiger partial charge in [-0.2, -0.15) is 0 Å². The Morgan fingerprint density at radius 2 is 2.25 bits per heavy atom. The van der Waals surface area contributed by atoms with E-state index < -0.39 is 0 Å². The highest BCUT2D eigenvalue weighted by atomic mass is 32.2. The van der Waals surface area contributed by atoms with E-state index >= 15 is 0 Å². The highest BCUT2D eigenvalue weighted by Gasteiger charge is 2.17. The van der Waals surface area contributed by atoms with Crippen LogP contribution in [-0.2, 0) is 9.53 Å². The van der Waals surface area contributed by atoms with Crippen LogP contribution in [0.3, 0.4) is 0 Å². The third-order valence-corrected chi connectivity index (χ3v) is 3.83. The van der Waals surface area contributed by atoms with Crippen molar-refractivity contribution < 1.29 is 9.53 Å². The third kappa shape index (κ3) is 2.68. The normalized spacial score (nSPS) is 15.7. The Hall–Kier alpha value is -1.87. The molecule has 0 atom stereocenters. The van der Waals surface area contributed by atoms with Crippen LogP contribution in [0.1, 0.15) is 0 Å². The van der Waals surface area contributed by atoms with Crippen LogP contribution in [0.2, 0.25) is 0 Å². The number of hydrogen-bond acceptors (Lipinski definition) is 6. The van der Waals surface area contributed by atoms with Gasteiger partial charge in [0.1, 0.15) is 0 Å². The van der Waals surface area contributed by atoms with Crippen molar-refractivity contribution in [2.75, 3.05) is 32.1 Å². The summed E-state index contributed by atoms with van der Waals surface area (Å²) in [6.45, 7) is 2.37. The number of fused-ring (bicyclic) bond motifs is 1. The fourth-order valence-corrected chi connectivity index (χ4v) is 2.68. The molecule has 9 heteroatoms. The van der Waals surface area contributed by atoms with Gasteiger partial charge in [0.25, 0.3) is 5.56 Å². The number of nitrogens with zero attached hydrogens (tertiary/aromatic N) is 3. The van der Waals surface area contributed by atoms with Gasteiger partial charge in [0.2, 0.25) is 5.91 Å². The summed E-state index contributed by atoms with van der Waals surface area (Å²) in [6, 6.07) is 0. The predicted molar refractivity (Wildman–Crippen MR) is 72.6 cm³/mol. The Balaban J connectivity index is 1.67. The number of hydrogen-bond donors (Lipinski definition) is 2. The number of H-pyrrole nitrogens is 2. The number of rotatable bonds is 3. The fraction of sp³-hybridized carbons (Fsp3) is 0.455. The molecule has 3 heterocycles. The van der Waals surface area contributed by atoms with Crippen LogP contribution < -0.4 is 5.56 Å². The molecular formula is C11H13N5O3S. The molecule has 1 saturated heterocycles. The number of imidazole rings is 1. The molecule has 8 nitrogen and oxygen atoms in total. The molecule has 1 amide bonds. The largest absolute Gasteiger partial charge is 0.378 e. The van der Waals surface area contributed by atoms with Crippen molar-refractivity contribution in [3.05, 3.63) is 16.7 Å². The molecular weight excluding hydrogens is 282 g/mol. The number of aromatic amines is 2. The SMILES string of the molecule is O=C(CSc1nc2nc[nH]c2c(=O)[nH]1)N1CCOCC1. The molecule has 106 valence electrons. The first-order valence-electron chi connectivity index (χ1n) is 6.16. The van der Waals surface area contributed by atoms with Gasteiger partial charge in [-0.05, 0) is 0 Å². The highest BCUT2D eigenvalue weighted by molar-refractivity contribution is 7.99. The number of nitrogens with one attached hydrogen (secondary N) is 2. The van der Waals surface area contributed by atoms with Crippen molar-refractivity contribution >= 4 is 28.8 Å². The lowest BCUT2D eigenvalue weighted by Gasteiger charge is -2.26. The van der Waals surface area contributed by atoms with Gasteiger partial charge < -0.3 is 14.6 Å². The quantitative estimate of drug-likeness (QED) is 0.589. The van der Waals surface area contributed by atoms with Crippen LogP contribution >= 0.6 is 11.8 Å². The molecule has 2 N–H and O–H groups in total. The first kappa shape index (κ1) is 13.1. The third-order valence-electron chi connectivity index (χ3n) is 2.97. The number of carbonyl (C=O) groups excluding carboxylic acids is 1. The molecule has 2 aromatic heterocycles. The van der Waals surface area contributed by atoms with Gasteiger partial charge in [-0.3, -0.25) is 14.6 Å². The number of ether oxygens (including phenoxy) is 1. The van der Waals surface area contributed by atoms with E-state index in [0.29, 0.717) is 42.6 Å². The molecule has 1 aliphatic rings. The van der Waals surface area contributed by atoms with Gasteiger partial charge in [-0.1, -0.05) is 11.8 Å². The maximum atomic E-state index is 12.0. The van der Waals surface area contributed by atoms with Gasteiger partial charge in [0.05, 0.1) is 25.3 Å². The van der Waals surface area contributed by atoms with Gasteiger partial charge in [-0.15, -0.1) is 0 Å². The lowest BCUT2D eigenvalue weighted by molar-refractivity contribution is -0.132. The van der Waals surface area contributed by atoms with E-state index in [2.05, 4.69) is 19.9 Å². The second-order valence-corrected chi connectivity index (χ2v) is 5.22. The van der Waals surface area contributed by atoms with Crippen LogP contribution in [0.5, 0.6) is 0 Å². The topological polar surface area (TPSA) is 104 Å². The molecule has 0 unspecified atom stereocenters. The Morgan fingerprint density at radius 3 is 3.05 bits per heavy atom. The average molecular weight is 295 g/mol. The maximum absolute atomic E-state index is 12.0. The van der Waals surface area contributed by atoms with Crippen LogP contribution in [0.15, 0.2) is 16.3 Å². The zero-order valence-electron chi connectivity index (χ0n) is 10.6. The Kier molecular flexibility index (Phi) is 3.70. The van der Waals surface area contributed by atoms with Crippen molar-refractivity contribution in [3.63, 3.8) is 0 Å². The van der Waals surface area contributed by atoms with Crippen LogP contribution in [0, 0.1) is 0 Å². The number of aromatic nitrogens is 4. The van der Waals surface area contributed by atoms with E-state index in [1.54, 1.807) is 4.90 Å². The smallest absolute Gasteiger partial charge is 0.277 e. The van der Waals surface area contributed by atoms with Crippen molar-refractivity contribution in [2.45, 2.75) is 5.16 Å². The standard InChI is InChI=1S/C11H13N5O3S/c17-7(16-1-3-19-4-2-16)5-20-11-14-9-8(10(18)15-11)12-6-13-9/h6H,1-5H2,(H2,12,13,14,15,18). The summed E-state index contributed by atoms with van der Waals surface area (Å²) >= 11 is 1.20. The van der Waals surface area contributed by atoms with E-state index in [4.69, 9.17) is 4.74 Å². The Bertz CT molecular complexity index is 676. The summed E-state index contributed by atoms with van der Waals surface area (Å²) < 4.78 is 5.20. The van der Waals surface area contributed by atoms with Crippen LogP contribution in [0.4, 0.5) is 0 Å². The highest BCUT2D eigenvalue weighted by Crippen LogP contribution is 2.14. The van der Waals surface area contributed by atoms with E-state index in [0.717, 1.165) is 0 Å². The van der Waals surface area contributed by atoms with E-state index in [1.165, 1.54) is 18.1 Å². The molecule has 0 radical (unpaired) electrons.